The molecular formula is C10H13N3O3S2. The van der Waals surface area contributed by atoms with Crippen LogP contribution < -0.4 is 10.0 Å². The molecule has 2 aromatic heterocycles. The third-order valence-corrected chi connectivity index (χ3v) is 4.69. The minimum absolute atomic E-state index is 0.121. The van der Waals surface area contributed by atoms with E-state index in [9.17, 15) is 8.42 Å². The second kappa shape index (κ2) is 5.61. The topological polar surface area (TPSA) is 84.2 Å². The number of thiophene rings is 1. The number of nitrogens with zero attached hydrogens (tertiary/aromatic N) is 1. The summed E-state index contributed by atoms with van der Waals surface area (Å²) in [4.78, 5) is 1.25. The van der Waals surface area contributed by atoms with Gasteiger partial charge in [-0.25, -0.2) is 13.1 Å². The minimum Gasteiger partial charge on any atom is -0.364 e. The molecule has 0 unspecified atom stereocenters. The molecule has 2 heterocycles. The summed E-state index contributed by atoms with van der Waals surface area (Å²) in [5, 5.41) is 8.24. The van der Waals surface area contributed by atoms with Crippen molar-refractivity contribution in [1.82, 2.24) is 15.2 Å². The molecule has 8 heteroatoms. The molecule has 0 atom stereocenters. The van der Waals surface area contributed by atoms with E-state index in [0.29, 0.717) is 12.2 Å². The number of aromatic nitrogens is 1. The largest absolute Gasteiger partial charge is 0.364 e. The maximum Gasteiger partial charge on any atom is 0.241 e. The zero-order chi connectivity index (χ0) is 13.0. The molecule has 0 spiro atoms. The summed E-state index contributed by atoms with van der Waals surface area (Å²) in [6, 6.07) is 3.27. The first-order valence-corrected chi connectivity index (χ1v) is 7.59. The summed E-state index contributed by atoms with van der Waals surface area (Å²) >= 11 is 1.41. The molecule has 0 aliphatic rings. The van der Waals surface area contributed by atoms with E-state index in [1.54, 1.807) is 17.5 Å². The molecule has 6 nitrogen and oxygen atoms in total. The quantitative estimate of drug-likeness (QED) is 0.826. The van der Waals surface area contributed by atoms with Crippen LogP contribution in [0.2, 0.25) is 0 Å². The Morgan fingerprint density at radius 2 is 2.28 bits per heavy atom. The van der Waals surface area contributed by atoms with E-state index in [2.05, 4.69) is 19.7 Å². The SMILES string of the molecule is CNCc1cc(S(=O)(=O)NCc2ccon2)cs1. The van der Waals surface area contributed by atoms with Crippen LogP contribution in [-0.4, -0.2) is 20.6 Å². The zero-order valence-electron chi connectivity index (χ0n) is 9.71. The lowest BCUT2D eigenvalue weighted by atomic mass is 10.4. The van der Waals surface area contributed by atoms with E-state index in [1.165, 1.54) is 17.6 Å². The molecule has 0 radical (unpaired) electrons. The number of hydrogen-bond acceptors (Lipinski definition) is 6. The van der Waals surface area contributed by atoms with E-state index < -0.39 is 10.0 Å². The summed E-state index contributed by atoms with van der Waals surface area (Å²) in [5.74, 6) is 0. The van der Waals surface area contributed by atoms with Crippen molar-refractivity contribution < 1.29 is 12.9 Å². The van der Waals surface area contributed by atoms with E-state index >= 15 is 0 Å². The standard InChI is InChI=1S/C10H13N3O3S2/c1-11-6-9-4-10(7-17-9)18(14,15)12-5-8-2-3-16-13-8/h2-4,7,11-12H,5-6H2,1H3. The van der Waals surface area contributed by atoms with Crippen molar-refractivity contribution in [2.24, 2.45) is 0 Å². The van der Waals surface area contributed by atoms with Gasteiger partial charge in [0, 0.05) is 22.9 Å². The highest BCUT2D eigenvalue weighted by Crippen LogP contribution is 2.19. The van der Waals surface area contributed by atoms with Crippen LogP contribution in [0.25, 0.3) is 0 Å². The molecule has 0 aliphatic heterocycles. The molecule has 0 bridgehead atoms. The first kappa shape index (κ1) is 13.2. The van der Waals surface area contributed by atoms with Crippen molar-refractivity contribution in [2.45, 2.75) is 18.0 Å². The van der Waals surface area contributed by atoms with Crippen LogP contribution in [0.5, 0.6) is 0 Å². The molecule has 0 fully saturated rings. The summed E-state index contributed by atoms with van der Waals surface area (Å²) in [6.07, 6.45) is 1.40. The molecule has 0 amide bonds. The van der Waals surface area contributed by atoms with Crippen LogP contribution in [0.1, 0.15) is 10.6 Å². The molecule has 18 heavy (non-hydrogen) atoms. The molecule has 0 saturated carbocycles. The number of rotatable bonds is 6. The maximum atomic E-state index is 12.0. The molecule has 0 aromatic carbocycles. The Hall–Kier alpha value is -1.22. The third-order valence-electron chi connectivity index (χ3n) is 2.23. The van der Waals surface area contributed by atoms with Crippen molar-refractivity contribution in [3.63, 3.8) is 0 Å². The van der Waals surface area contributed by atoms with E-state index in [0.717, 1.165) is 4.88 Å². The molecule has 2 rings (SSSR count). The van der Waals surface area contributed by atoms with E-state index in [1.807, 2.05) is 7.05 Å². The van der Waals surface area contributed by atoms with Gasteiger partial charge >= 0.3 is 0 Å². The highest BCUT2D eigenvalue weighted by Gasteiger charge is 2.16. The highest BCUT2D eigenvalue weighted by atomic mass is 32.2. The summed E-state index contributed by atoms with van der Waals surface area (Å²) < 4.78 is 31.0. The van der Waals surface area contributed by atoms with Gasteiger partial charge in [0.2, 0.25) is 10.0 Å². The fourth-order valence-corrected chi connectivity index (χ4v) is 3.64. The third kappa shape index (κ3) is 3.16. The Balaban J connectivity index is 2.05. The second-order valence-electron chi connectivity index (χ2n) is 3.59. The molecule has 0 aliphatic carbocycles. The van der Waals surface area contributed by atoms with E-state index in [4.69, 9.17) is 0 Å². The lowest BCUT2D eigenvalue weighted by molar-refractivity contribution is 0.411. The fourth-order valence-electron chi connectivity index (χ4n) is 1.35. The van der Waals surface area contributed by atoms with Crippen LogP contribution in [0.3, 0.4) is 0 Å². The van der Waals surface area contributed by atoms with Crippen molar-refractivity contribution in [3.05, 3.63) is 34.3 Å². The first-order valence-electron chi connectivity index (χ1n) is 5.23. The zero-order valence-corrected chi connectivity index (χ0v) is 11.3. The average Bonchev–Trinajstić information content (AvgIpc) is 2.98. The second-order valence-corrected chi connectivity index (χ2v) is 6.36. The van der Waals surface area contributed by atoms with Crippen LogP contribution >= 0.6 is 11.3 Å². The Morgan fingerprint density at radius 1 is 1.44 bits per heavy atom. The van der Waals surface area contributed by atoms with Gasteiger partial charge in [-0.2, -0.15) is 0 Å². The van der Waals surface area contributed by atoms with Crippen molar-refractivity contribution in [2.75, 3.05) is 7.05 Å². The van der Waals surface area contributed by atoms with Gasteiger partial charge in [0.25, 0.3) is 0 Å². The van der Waals surface area contributed by atoms with Gasteiger partial charge in [-0.3, -0.25) is 0 Å². The fraction of sp³-hybridized carbons (Fsp3) is 0.300. The monoisotopic (exact) mass is 287 g/mol. The highest BCUT2D eigenvalue weighted by molar-refractivity contribution is 7.89. The van der Waals surface area contributed by atoms with Crippen LogP contribution in [0.15, 0.2) is 33.2 Å². The van der Waals surface area contributed by atoms with Gasteiger partial charge in [0.1, 0.15) is 6.26 Å². The molecule has 98 valence electrons. The molecule has 2 aromatic rings. The summed E-state index contributed by atoms with van der Waals surface area (Å²) in [6.45, 7) is 0.777. The van der Waals surface area contributed by atoms with Crippen molar-refractivity contribution >= 4 is 21.4 Å². The number of sulfonamides is 1. The lowest BCUT2D eigenvalue weighted by Gasteiger charge is -2.02. The van der Waals surface area contributed by atoms with E-state index in [-0.39, 0.29) is 11.4 Å². The van der Waals surface area contributed by atoms with Crippen molar-refractivity contribution in [1.29, 1.82) is 0 Å². The van der Waals surface area contributed by atoms with Crippen LogP contribution in [-0.2, 0) is 23.1 Å². The predicted octanol–water partition coefficient (Wildman–Crippen LogP) is 0.934. The minimum atomic E-state index is -3.48. The normalized spacial score (nSPS) is 11.8. The predicted molar refractivity (Wildman–Crippen MR) is 67.6 cm³/mol. The van der Waals surface area contributed by atoms with Gasteiger partial charge in [-0.1, -0.05) is 5.16 Å². The van der Waals surface area contributed by atoms with Gasteiger partial charge in [0.15, 0.2) is 0 Å². The lowest BCUT2D eigenvalue weighted by Crippen LogP contribution is -2.22. The summed E-state index contributed by atoms with van der Waals surface area (Å²) in [5.41, 5.74) is 0.546. The average molecular weight is 287 g/mol. The van der Waals surface area contributed by atoms with Gasteiger partial charge in [-0.05, 0) is 13.1 Å². The molecular weight excluding hydrogens is 274 g/mol. The van der Waals surface area contributed by atoms with Gasteiger partial charge < -0.3 is 9.84 Å². The van der Waals surface area contributed by atoms with Crippen LogP contribution in [0, 0.1) is 0 Å². The molecule has 0 saturated heterocycles. The van der Waals surface area contributed by atoms with Gasteiger partial charge in [-0.15, -0.1) is 11.3 Å². The van der Waals surface area contributed by atoms with Crippen molar-refractivity contribution in [3.8, 4) is 0 Å². The maximum absolute atomic E-state index is 12.0. The Kier molecular flexibility index (Phi) is 4.12. The number of hydrogen-bond donors (Lipinski definition) is 2. The smallest absolute Gasteiger partial charge is 0.241 e. The Bertz CT molecular complexity index is 590. The first-order chi connectivity index (χ1) is 8.62. The Labute approximate surface area is 109 Å². The van der Waals surface area contributed by atoms with Crippen LogP contribution in [0.4, 0.5) is 0 Å². The summed E-state index contributed by atoms with van der Waals surface area (Å²) in [7, 11) is -1.67. The van der Waals surface area contributed by atoms with Gasteiger partial charge in [0.05, 0.1) is 17.1 Å². The molecule has 2 N–H and O–H groups in total. The Morgan fingerprint density at radius 3 is 2.94 bits per heavy atom. The number of nitrogens with one attached hydrogen (secondary N) is 2.